The summed E-state index contributed by atoms with van der Waals surface area (Å²) in [5.74, 6) is -0.647. The second-order valence-corrected chi connectivity index (χ2v) is 13.9. The maximum absolute atomic E-state index is 15.1. The van der Waals surface area contributed by atoms with Crippen molar-refractivity contribution < 1.29 is 33.3 Å². The van der Waals surface area contributed by atoms with Crippen LogP contribution < -0.4 is 40.3 Å². The van der Waals surface area contributed by atoms with Crippen molar-refractivity contribution in [2.24, 2.45) is 20.0 Å². The third kappa shape index (κ3) is 4.80. The maximum Gasteiger partial charge on any atom is 0.332 e. The van der Waals surface area contributed by atoms with E-state index in [1.165, 1.54) is 37.5 Å². The van der Waals surface area contributed by atoms with Gasteiger partial charge in [-0.2, -0.15) is 0 Å². The van der Waals surface area contributed by atoms with Gasteiger partial charge in [-0.05, 0) is 41.3 Å². The number of ketones is 2. The van der Waals surface area contributed by atoms with Gasteiger partial charge in [0.1, 0.15) is 39.4 Å². The summed E-state index contributed by atoms with van der Waals surface area (Å²) in [4.78, 5) is 56.7. The molecule has 0 bridgehead atoms. The molecule has 8 rings (SSSR count). The molecule has 0 radical (unpaired) electrons. The number of nitrogens with zero attached hydrogens (tertiary/aromatic N) is 2. The van der Waals surface area contributed by atoms with E-state index in [0.717, 1.165) is 22.3 Å². The maximum atomic E-state index is 15.1. The molecule has 0 amide bonds. The van der Waals surface area contributed by atoms with Crippen LogP contribution >= 0.6 is 11.6 Å². The first-order valence-electron chi connectivity index (χ1n) is 17.0. The first-order valence-corrected chi connectivity index (χ1v) is 17.4. The highest BCUT2D eigenvalue weighted by Crippen LogP contribution is 2.56. The molecule has 0 fully saturated rings. The SMILES string of the molecule is COc1cc(OC)c2c(c1Cl)OC1(C(=O)C3=C(CC1C)Nc1c(c(=O)n(C)c(=O)n1C)C3c1ccc(OCCc3ccc4c(c3)CCO4)cc1)C2=O. The summed E-state index contributed by atoms with van der Waals surface area (Å²) >= 11 is 6.67. The second-order valence-electron chi connectivity index (χ2n) is 13.5. The molecule has 3 atom stereocenters. The molecular weight excluding hydrogens is 690 g/mol. The Kier molecular flexibility index (Phi) is 7.98. The van der Waals surface area contributed by atoms with Crippen molar-refractivity contribution >= 4 is 29.0 Å². The number of anilines is 1. The molecule has 1 aliphatic carbocycles. The number of fused-ring (bicyclic) bond motifs is 3. The van der Waals surface area contributed by atoms with E-state index in [1.807, 2.05) is 12.1 Å². The fraction of sp³-hybridized carbons (Fsp3) is 0.333. The topological polar surface area (TPSA) is 136 Å². The zero-order valence-corrected chi connectivity index (χ0v) is 30.0. The van der Waals surface area contributed by atoms with Crippen molar-refractivity contribution in [1.29, 1.82) is 0 Å². The molecule has 0 saturated carbocycles. The Morgan fingerprint density at radius 2 is 1.71 bits per heavy atom. The summed E-state index contributed by atoms with van der Waals surface area (Å²) in [7, 11) is 5.79. The Bertz CT molecular complexity index is 2360. The Hall–Kier alpha value is -5.49. The lowest BCUT2D eigenvalue weighted by Crippen LogP contribution is -2.58. The van der Waals surface area contributed by atoms with E-state index < -0.39 is 40.3 Å². The van der Waals surface area contributed by atoms with E-state index in [-0.39, 0.29) is 51.2 Å². The van der Waals surface area contributed by atoms with Gasteiger partial charge in [0, 0.05) is 56.1 Å². The van der Waals surface area contributed by atoms with Gasteiger partial charge >= 0.3 is 5.69 Å². The molecule has 0 saturated heterocycles. The molecular formula is C39H36ClN3O9. The van der Waals surface area contributed by atoms with E-state index in [0.29, 0.717) is 36.6 Å². The fourth-order valence-corrected chi connectivity index (χ4v) is 8.23. The normalized spacial score (nSPS) is 21.1. The van der Waals surface area contributed by atoms with Gasteiger partial charge in [0.05, 0.1) is 33.0 Å². The van der Waals surface area contributed by atoms with Gasteiger partial charge in [0.25, 0.3) is 5.56 Å². The average Bonchev–Trinajstić information content (AvgIpc) is 3.75. The van der Waals surface area contributed by atoms with Gasteiger partial charge < -0.3 is 29.0 Å². The van der Waals surface area contributed by atoms with Crippen LogP contribution in [-0.4, -0.2) is 53.7 Å². The molecule has 268 valence electrons. The largest absolute Gasteiger partial charge is 0.496 e. The number of halogens is 1. The number of allylic oxidation sites excluding steroid dienone is 1. The predicted octanol–water partition coefficient (Wildman–Crippen LogP) is 4.75. The number of ether oxygens (including phenoxy) is 5. The quantitative estimate of drug-likeness (QED) is 0.266. The zero-order valence-electron chi connectivity index (χ0n) is 29.3. The number of benzene rings is 3. The summed E-state index contributed by atoms with van der Waals surface area (Å²) in [6.07, 6.45) is 1.78. The molecule has 4 heterocycles. The third-order valence-corrected chi connectivity index (χ3v) is 11.1. The van der Waals surface area contributed by atoms with Crippen LogP contribution in [0.3, 0.4) is 0 Å². The molecule has 3 aromatic carbocycles. The summed E-state index contributed by atoms with van der Waals surface area (Å²) in [6.45, 7) is 2.88. The highest BCUT2D eigenvalue weighted by Gasteiger charge is 2.63. The van der Waals surface area contributed by atoms with Crippen molar-refractivity contribution in [3.63, 3.8) is 0 Å². The first-order chi connectivity index (χ1) is 25.0. The number of hydrogen-bond acceptors (Lipinski definition) is 10. The first kappa shape index (κ1) is 33.6. The Morgan fingerprint density at radius 3 is 2.44 bits per heavy atom. The van der Waals surface area contributed by atoms with Crippen LogP contribution in [0.4, 0.5) is 5.82 Å². The number of nitrogens with one attached hydrogen (secondary N) is 1. The third-order valence-electron chi connectivity index (χ3n) is 10.7. The van der Waals surface area contributed by atoms with E-state index in [1.54, 1.807) is 38.2 Å². The molecule has 12 nitrogen and oxygen atoms in total. The number of Topliss-reactive ketones (excluding diaryl/α,β-unsaturated/α-hetero) is 2. The molecule has 1 N–H and O–H groups in total. The zero-order chi connectivity index (χ0) is 36.6. The minimum Gasteiger partial charge on any atom is -0.496 e. The summed E-state index contributed by atoms with van der Waals surface area (Å²) in [5, 5.41) is 3.28. The lowest BCUT2D eigenvalue weighted by atomic mass is 9.66. The Balaban J connectivity index is 1.18. The number of carbonyl (C=O) groups is 2. The van der Waals surface area contributed by atoms with Gasteiger partial charge in [-0.1, -0.05) is 42.8 Å². The lowest BCUT2D eigenvalue weighted by molar-refractivity contribution is -0.130. The molecule has 1 spiro atoms. The van der Waals surface area contributed by atoms with Gasteiger partial charge in [-0.15, -0.1) is 0 Å². The highest BCUT2D eigenvalue weighted by molar-refractivity contribution is 6.36. The van der Waals surface area contributed by atoms with Crippen LogP contribution in [0.2, 0.25) is 5.02 Å². The van der Waals surface area contributed by atoms with Crippen LogP contribution in [0.25, 0.3) is 0 Å². The van der Waals surface area contributed by atoms with Crippen molar-refractivity contribution in [2.45, 2.75) is 37.7 Å². The standard InChI is InChI=1S/C39H36ClN3O9/c1-19-16-24-29(34(44)39(19)35(45)30-26(48-4)18-27(49-5)32(40)33(30)52-39)28(31-36(41-24)42(2)38(47)43(3)37(31)46)21-7-9-23(10-8-21)50-14-12-20-6-11-25-22(17-20)13-15-51-25/h6-11,17-19,28,41H,12-16H2,1-5H3. The van der Waals surface area contributed by atoms with E-state index >= 15 is 4.79 Å². The number of carbonyl (C=O) groups excluding carboxylic acids is 2. The van der Waals surface area contributed by atoms with E-state index in [2.05, 4.69) is 11.4 Å². The van der Waals surface area contributed by atoms with Crippen molar-refractivity contribution in [1.82, 2.24) is 9.13 Å². The Labute approximate surface area is 303 Å². The van der Waals surface area contributed by atoms with E-state index in [4.69, 9.17) is 35.3 Å². The monoisotopic (exact) mass is 725 g/mol. The number of aromatic nitrogens is 2. The van der Waals surface area contributed by atoms with Gasteiger partial charge in [-0.25, -0.2) is 4.79 Å². The molecule has 52 heavy (non-hydrogen) atoms. The second kappa shape index (κ2) is 12.3. The summed E-state index contributed by atoms with van der Waals surface area (Å²) in [6, 6.07) is 14.8. The molecule has 13 heteroatoms. The van der Waals surface area contributed by atoms with Crippen LogP contribution in [0.1, 0.15) is 51.9 Å². The molecule has 1 aromatic heterocycles. The predicted molar refractivity (Wildman–Crippen MR) is 192 cm³/mol. The van der Waals surface area contributed by atoms with Crippen molar-refractivity contribution in [3.8, 4) is 28.7 Å². The number of rotatable bonds is 7. The fourth-order valence-electron chi connectivity index (χ4n) is 7.96. The number of methoxy groups -OCH3 is 2. The smallest absolute Gasteiger partial charge is 0.332 e. The lowest BCUT2D eigenvalue weighted by Gasteiger charge is -2.42. The van der Waals surface area contributed by atoms with E-state index in [9.17, 15) is 14.4 Å². The minimum atomic E-state index is -2.00. The molecule has 4 aliphatic rings. The van der Waals surface area contributed by atoms with Gasteiger partial charge in [0.2, 0.25) is 17.2 Å². The van der Waals surface area contributed by atoms with Crippen LogP contribution in [0.15, 0.2) is 69.4 Å². The molecule has 3 aliphatic heterocycles. The molecule has 3 unspecified atom stereocenters. The Morgan fingerprint density at radius 1 is 0.962 bits per heavy atom. The minimum absolute atomic E-state index is 0.000805. The summed E-state index contributed by atoms with van der Waals surface area (Å²) in [5.41, 5.74) is 0.773. The summed E-state index contributed by atoms with van der Waals surface area (Å²) < 4.78 is 31.5. The molecule has 4 aromatic rings. The average molecular weight is 726 g/mol. The van der Waals surface area contributed by atoms with Gasteiger partial charge in [0.15, 0.2) is 5.75 Å². The van der Waals surface area contributed by atoms with Gasteiger partial charge in [-0.3, -0.25) is 23.5 Å². The van der Waals surface area contributed by atoms with Crippen molar-refractivity contribution in [2.75, 3.05) is 32.8 Å². The highest BCUT2D eigenvalue weighted by atomic mass is 35.5. The van der Waals surface area contributed by atoms with Crippen LogP contribution in [0.5, 0.6) is 28.7 Å². The van der Waals surface area contributed by atoms with Crippen LogP contribution in [0, 0.1) is 5.92 Å². The van der Waals surface area contributed by atoms with Crippen molar-refractivity contribution in [3.05, 3.63) is 113 Å². The number of hydrogen-bond donors (Lipinski definition) is 1. The van der Waals surface area contributed by atoms with Crippen LogP contribution in [-0.2, 0) is 31.7 Å².